The number of aryl methyl sites for hydroxylation is 2. The maximum atomic E-state index is 11.9. The molecule has 0 aliphatic heterocycles. The zero-order valence-electron chi connectivity index (χ0n) is 12.6. The number of hydrogen-bond donors (Lipinski definition) is 1. The van der Waals surface area contributed by atoms with Crippen molar-refractivity contribution in [2.45, 2.75) is 6.92 Å². The second-order valence-electron chi connectivity index (χ2n) is 4.95. The maximum Gasteiger partial charge on any atom is 0.357 e. The van der Waals surface area contributed by atoms with Crippen LogP contribution in [0.15, 0.2) is 30.5 Å². The van der Waals surface area contributed by atoms with Crippen LogP contribution in [0.2, 0.25) is 0 Å². The standard InChI is InChI=1S/C15H14N4O3S/c1-9-3-4-10-12(7-9)23-15(17-10)18-13(20)8-22-14(21)11-5-6-16-19(11)2/h3-7H,8H2,1-2H3,(H,17,18,20). The molecule has 2 heterocycles. The molecule has 2 aromatic heterocycles. The number of aromatic nitrogens is 3. The highest BCUT2D eigenvalue weighted by Crippen LogP contribution is 2.26. The number of carbonyl (C=O) groups is 2. The Hall–Kier alpha value is -2.74. The molecule has 0 aliphatic carbocycles. The van der Waals surface area contributed by atoms with Crippen molar-refractivity contribution in [1.29, 1.82) is 0 Å². The van der Waals surface area contributed by atoms with E-state index in [1.165, 1.54) is 28.3 Å². The molecule has 0 aliphatic rings. The molecule has 0 radical (unpaired) electrons. The molecule has 0 saturated heterocycles. The van der Waals surface area contributed by atoms with E-state index in [1.807, 2.05) is 25.1 Å². The van der Waals surface area contributed by atoms with Crippen molar-refractivity contribution >= 4 is 38.6 Å². The largest absolute Gasteiger partial charge is 0.451 e. The van der Waals surface area contributed by atoms with Crippen molar-refractivity contribution in [1.82, 2.24) is 14.8 Å². The average molecular weight is 330 g/mol. The average Bonchev–Trinajstić information content (AvgIpc) is 3.10. The van der Waals surface area contributed by atoms with Gasteiger partial charge in [0.1, 0.15) is 5.69 Å². The van der Waals surface area contributed by atoms with Gasteiger partial charge in [0, 0.05) is 13.2 Å². The summed E-state index contributed by atoms with van der Waals surface area (Å²) in [6.07, 6.45) is 1.49. The number of hydrogen-bond acceptors (Lipinski definition) is 6. The second-order valence-corrected chi connectivity index (χ2v) is 5.99. The monoisotopic (exact) mass is 330 g/mol. The summed E-state index contributed by atoms with van der Waals surface area (Å²) in [4.78, 5) is 28.0. The molecule has 23 heavy (non-hydrogen) atoms. The van der Waals surface area contributed by atoms with Crippen LogP contribution in [0.3, 0.4) is 0 Å². The summed E-state index contributed by atoms with van der Waals surface area (Å²) < 4.78 is 7.34. The summed E-state index contributed by atoms with van der Waals surface area (Å²) in [6, 6.07) is 7.39. The molecule has 118 valence electrons. The lowest BCUT2D eigenvalue weighted by Crippen LogP contribution is -2.21. The van der Waals surface area contributed by atoms with Crippen LogP contribution in [-0.2, 0) is 16.6 Å². The molecule has 7 nitrogen and oxygen atoms in total. The molecule has 8 heteroatoms. The van der Waals surface area contributed by atoms with Gasteiger partial charge in [-0.15, -0.1) is 0 Å². The minimum absolute atomic E-state index is 0.285. The van der Waals surface area contributed by atoms with Crippen molar-refractivity contribution in [2.75, 3.05) is 11.9 Å². The smallest absolute Gasteiger partial charge is 0.357 e. The Morgan fingerprint density at radius 1 is 1.35 bits per heavy atom. The lowest BCUT2D eigenvalue weighted by Gasteiger charge is -2.04. The van der Waals surface area contributed by atoms with Gasteiger partial charge in [0.05, 0.1) is 10.2 Å². The molecule has 1 N–H and O–H groups in total. The maximum absolute atomic E-state index is 11.9. The first-order valence-corrected chi connectivity index (χ1v) is 7.67. The van der Waals surface area contributed by atoms with Crippen LogP contribution in [0.1, 0.15) is 16.1 Å². The van der Waals surface area contributed by atoms with Crippen molar-refractivity contribution in [2.24, 2.45) is 7.05 Å². The topological polar surface area (TPSA) is 86.1 Å². The van der Waals surface area contributed by atoms with E-state index in [0.29, 0.717) is 5.13 Å². The summed E-state index contributed by atoms with van der Waals surface area (Å²) >= 11 is 1.38. The third-order valence-electron chi connectivity index (χ3n) is 3.15. The molecule has 0 bridgehead atoms. The second kappa shape index (κ2) is 6.17. The Labute approximate surface area is 135 Å². The SMILES string of the molecule is Cc1ccc2nc(NC(=O)COC(=O)c3ccnn3C)sc2c1. The molecule has 0 spiro atoms. The lowest BCUT2D eigenvalue weighted by atomic mass is 10.2. The summed E-state index contributed by atoms with van der Waals surface area (Å²) in [6.45, 7) is 1.62. The number of ether oxygens (including phenoxy) is 1. The van der Waals surface area contributed by atoms with Crippen LogP contribution in [0.25, 0.3) is 10.2 Å². The number of carbonyl (C=O) groups excluding carboxylic acids is 2. The molecular weight excluding hydrogens is 316 g/mol. The van der Waals surface area contributed by atoms with Gasteiger partial charge in [0.25, 0.3) is 5.91 Å². The number of anilines is 1. The van der Waals surface area contributed by atoms with Gasteiger partial charge in [-0.25, -0.2) is 9.78 Å². The van der Waals surface area contributed by atoms with Crippen LogP contribution in [0.4, 0.5) is 5.13 Å². The van der Waals surface area contributed by atoms with E-state index < -0.39 is 11.9 Å². The van der Waals surface area contributed by atoms with E-state index in [2.05, 4.69) is 15.4 Å². The zero-order valence-corrected chi connectivity index (χ0v) is 13.4. The van der Waals surface area contributed by atoms with E-state index in [-0.39, 0.29) is 12.3 Å². The summed E-state index contributed by atoms with van der Waals surface area (Å²) in [7, 11) is 1.62. The first-order valence-electron chi connectivity index (χ1n) is 6.85. The van der Waals surface area contributed by atoms with E-state index in [0.717, 1.165) is 15.8 Å². The first-order chi connectivity index (χ1) is 11.0. The highest BCUT2D eigenvalue weighted by molar-refractivity contribution is 7.22. The Bertz CT molecular complexity index is 884. The van der Waals surface area contributed by atoms with Gasteiger partial charge in [-0.2, -0.15) is 5.10 Å². The predicted molar refractivity (Wildman–Crippen MR) is 86.5 cm³/mol. The van der Waals surface area contributed by atoms with E-state index >= 15 is 0 Å². The van der Waals surface area contributed by atoms with Gasteiger partial charge in [0.15, 0.2) is 11.7 Å². The first kappa shape index (κ1) is 15.2. The van der Waals surface area contributed by atoms with Crippen molar-refractivity contribution in [3.8, 4) is 0 Å². The van der Waals surface area contributed by atoms with Gasteiger partial charge >= 0.3 is 5.97 Å². The molecule has 1 amide bonds. The Kier molecular flexibility index (Phi) is 4.07. The normalized spacial score (nSPS) is 10.7. The van der Waals surface area contributed by atoms with Crippen LogP contribution >= 0.6 is 11.3 Å². The number of esters is 1. The molecule has 0 unspecified atom stereocenters. The third-order valence-corrected chi connectivity index (χ3v) is 4.09. The summed E-state index contributed by atoms with van der Waals surface area (Å²) in [5.41, 5.74) is 2.24. The fraction of sp³-hybridized carbons (Fsp3) is 0.200. The molecule has 0 fully saturated rings. The van der Waals surface area contributed by atoms with Crippen LogP contribution in [-0.4, -0.2) is 33.2 Å². The molecule has 3 aromatic rings. The molecule has 3 rings (SSSR count). The van der Waals surface area contributed by atoms with Crippen molar-refractivity contribution in [3.63, 3.8) is 0 Å². The lowest BCUT2D eigenvalue weighted by molar-refractivity contribution is -0.119. The Morgan fingerprint density at radius 3 is 2.91 bits per heavy atom. The van der Waals surface area contributed by atoms with Crippen LogP contribution in [0, 0.1) is 6.92 Å². The van der Waals surface area contributed by atoms with Crippen LogP contribution < -0.4 is 5.32 Å². The molecular formula is C15H14N4O3S. The highest BCUT2D eigenvalue weighted by Gasteiger charge is 2.14. The Morgan fingerprint density at radius 2 is 2.17 bits per heavy atom. The van der Waals surface area contributed by atoms with E-state index in [9.17, 15) is 9.59 Å². The third kappa shape index (κ3) is 3.37. The number of fused-ring (bicyclic) bond motifs is 1. The molecule has 0 atom stereocenters. The van der Waals surface area contributed by atoms with Gasteiger partial charge in [0.2, 0.25) is 0 Å². The van der Waals surface area contributed by atoms with Crippen LogP contribution in [0.5, 0.6) is 0 Å². The quantitative estimate of drug-likeness (QED) is 0.741. The van der Waals surface area contributed by atoms with Gasteiger partial charge < -0.3 is 4.74 Å². The minimum atomic E-state index is -0.597. The summed E-state index contributed by atoms with van der Waals surface area (Å²) in [5, 5.41) is 6.98. The highest BCUT2D eigenvalue weighted by atomic mass is 32.1. The number of nitrogens with one attached hydrogen (secondary N) is 1. The van der Waals surface area contributed by atoms with Gasteiger partial charge in [-0.1, -0.05) is 17.4 Å². The fourth-order valence-electron chi connectivity index (χ4n) is 2.02. The Balaban J connectivity index is 1.60. The van der Waals surface area contributed by atoms with Gasteiger partial charge in [-0.3, -0.25) is 14.8 Å². The number of nitrogens with zero attached hydrogens (tertiary/aromatic N) is 3. The van der Waals surface area contributed by atoms with Crippen molar-refractivity contribution < 1.29 is 14.3 Å². The zero-order chi connectivity index (χ0) is 16.4. The van der Waals surface area contributed by atoms with E-state index in [4.69, 9.17) is 4.74 Å². The molecule has 1 aromatic carbocycles. The number of benzene rings is 1. The number of rotatable bonds is 4. The van der Waals surface area contributed by atoms with Crippen molar-refractivity contribution in [3.05, 3.63) is 41.7 Å². The number of amides is 1. The molecule has 0 saturated carbocycles. The van der Waals surface area contributed by atoms with E-state index in [1.54, 1.807) is 7.05 Å². The number of thiazole rings is 1. The summed E-state index contributed by atoms with van der Waals surface area (Å²) in [5.74, 6) is -1.03. The predicted octanol–water partition coefficient (Wildman–Crippen LogP) is 2.13. The minimum Gasteiger partial charge on any atom is -0.451 e. The van der Waals surface area contributed by atoms with Gasteiger partial charge in [-0.05, 0) is 30.7 Å². The fourth-order valence-corrected chi connectivity index (χ4v) is 3.00.